The van der Waals surface area contributed by atoms with E-state index in [1.54, 1.807) is 5.06 Å². The molecule has 3 unspecified atom stereocenters. The number of fused-ring (bicyclic) bond motifs is 1. The normalized spacial score (nSPS) is 23.2. The van der Waals surface area contributed by atoms with E-state index >= 15 is 0 Å². The molecule has 0 N–H and O–H groups in total. The molecule has 5 heteroatoms. The Kier molecular flexibility index (Phi) is 4.40. The van der Waals surface area contributed by atoms with Gasteiger partial charge in [0.1, 0.15) is 5.92 Å². The van der Waals surface area contributed by atoms with Gasteiger partial charge in [-0.2, -0.15) is 0 Å². The first-order valence-corrected chi connectivity index (χ1v) is 10.1. The Morgan fingerprint density at radius 2 is 1.30 bits per heavy atom. The molecule has 5 rings (SSSR count). The van der Waals surface area contributed by atoms with Crippen molar-refractivity contribution in [2.45, 2.75) is 26.0 Å². The summed E-state index contributed by atoms with van der Waals surface area (Å²) in [5, 5.41) is 1.72. The highest BCUT2D eigenvalue weighted by atomic mass is 16.7. The molecule has 2 heterocycles. The molecule has 0 aliphatic carbocycles. The maximum Gasteiger partial charge on any atom is 0.266 e. The summed E-state index contributed by atoms with van der Waals surface area (Å²) in [6, 6.07) is 24.7. The summed E-state index contributed by atoms with van der Waals surface area (Å²) in [4.78, 5) is 34.2. The number of carbonyl (C=O) groups is 2. The number of carbonyl (C=O) groups excluding carboxylic acids is 2. The molecule has 30 heavy (non-hydrogen) atoms. The van der Waals surface area contributed by atoms with Gasteiger partial charge >= 0.3 is 0 Å². The lowest BCUT2D eigenvalue weighted by Gasteiger charge is -2.28. The summed E-state index contributed by atoms with van der Waals surface area (Å²) >= 11 is 0. The van der Waals surface area contributed by atoms with Crippen molar-refractivity contribution in [3.63, 3.8) is 0 Å². The molecule has 3 aromatic rings. The maximum atomic E-state index is 13.5. The highest BCUT2D eigenvalue weighted by Gasteiger charge is 2.60. The second kappa shape index (κ2) is 7.11. The third kappa shape index (κ3) is 2.90. The maximum absolute atomic E-state index is 13.5. The lowest BCUT2D eigenvalue weighted by atomic mass is 9.90. The summed E-state index contributed by atoms with van der Waals surface area (Å²) in [6.07, 6.45) is -0.842. The van der Waals surface area contributed by atoms with Gasteiger partial charge in [0.05, 0.1) is 17.4 Å². The predicted octanol–water partition coefficient (Wildman–Crippen LogP) is 4.35. The summed E-state index contributed by atoms with van der Waals surface area (Å²) in [7, 11) is 0. The van der Waals surface area contributed by atoms with Crippen LogP contribution in [-0.2, 0) is 14.4 Å². The smallest absolute Gasteiger partial charge is 0.266 e. The number of amides is 2. The third-order valence-corrected chi connectivity index (χ3v) is 5.84. The summed E-state index contributed by atoms with van der Waals surface area (Å²) < 4.78 is 0. The van der Waals surface area contributed by atoms with E-state index in [9.17, 15) is 9.59 Å². The molecule has 2 amide bonds. The quantitative estimate of drug-likeness (QED) is 0.616. The molecule has 150 valence electrons. The molecule has 0 saturated carbocycles. The first-order valence-electron chi connectivity index (χ1n) is 10.1. The van der Waals surface area contributed by atoms with E-state index in [-0.39, 0.29) is 17.9 Å². The van der Waals surface area contributed by atoms with Gasteiger partial charge in [-0.1, -0.05) is 65.7 Å². The number of hydroxylamine groups is 1. The Bertz CT molecular complexity index is 1090. The zero-order valence-corrected chi connectivity index (χ0v) is 16.9. The van der Waals surface area contributed by atoms with Crippen LogP contribution in [0.3, 0.4) is 0 Å². The summed E-state index contributed by atoms with van der Waals surface area (Å²) in [5.41, 5.74) is 4.56. The zero-order chi connectivity index (χ0) is 20.8. The van der Waals surface area contributed by atoms with Crippen molar-refractivity contribution in [2.24, 2.45) is 5.92 Å². The fourth-order valence-corrected chi connectivity index (χ4v) is 4.26. The van der Waals surface area contributed by atoms with Gasteiger partial charge in [0.2, 0.25) is 5.91 Å². The fraction of sp³-hybridized carbons (Fsp3) is 0.200. The zero-order valence-electron chi connectivity index (χ0n) is 16.9. The van der Waals surface area contributed by atoms with Crippen molar-refractivity contribution in [1.82, 2.24) is 0 Å². The van der Waals surface area contributed by atoms with Gasteiger partial charge in [0, 0.05) is 0 Å². The topological polar surface area (TPSA) is 49.9 Å². The van der Waals surface area contributed by atoms with Crippen molar-refractivity contribution in [2.75, 3.05) is 9.96 Å². The molecule has 0 bridgehead atoms. The minimum atomic E-state index is -0.842. The molecule has 2 aliphatic heterocycles. The van der Waals surface area contributed by atoms with Crippen LogP contribution in [0.2, 0.25) is 0 Å². The molecular formula is C25H22N2O3. The third-order valence-electron chi connectivity index (χ3n) is 5.84. The second-order valence-electron chi connectivity index (χ2n) is 7.92. The number of rotatable bonds is 3. The Labute approximate surface area is 175 Å². The van der Waals surface area contributed by atoms with Gasteiger partial charge in [-0.15, -0.1) is 0 Å². The van der Waals surface area contributed by atoms with Crippen molar-refractivity contribution >= 4 is 23.2 Å². The van der Waals surface area contributed by atoms with Crippen molar-refractivity contribution in [1.29, 1.82) is 0 Å². The van der Waals surface area contributed by atoms with E-state index in [0.29, 0.717) is 5.69 Å². The number of hydrogen-bond donors (Lipinski definition) is 0. The Balaban J connectivity index is 1.58. The van der Waals surface area contributed by atoms with Gasteiger partial charge in [-0.3, -0.25) is 14.4 Å². The summed E-state index contributed by atoms with van der Waals surface area (Å²) in [6.45, 7) is 4.00. The van der Waals surface area contributed by atoms with Crippen LogP contribution in [-0.4, -0.2) is 17.9 Å². The highest BCUT2D eigenvalue weighted by molar-refractivity contribution is 6.23. The van der Waals surface area contributed by atoms with Crippen molar-refractivity contribution in [3.8, 4) is 0 Å². The average molecular weight is 398 g/mol. The first-order chi connectivity index (χ1) is 14.5. The average Bonchev–Trinajstić information content (AvgIpc) is 3.27. The molecule has 3 atom stereocenters. The monoisotopic (exact) mass is 398 g/mol. The van der Waals surface area contributed by atoms with Crippen LogP contribution < -0.4 is 9.96 Å². The number of para-hydroxylation sites is 1. The highest BCUT2D eigenvalue weighted by Crippen LogP contribution is 2.47. The van der Waals surface area contributed by atoms with Gasteiger partial charge < -0.3 is 0 Å². The van der Waals surface area contributed by atoms with E-state index < -0.39 is 12.0 Å². The van der Waals surface area contributed by atoms with Gasteiger partial charge in [0.25, 0.3) is 5.91 Å². The standard InChI is InChI=1S/C25H22N2O3/c1-16-8-12-18(13-9-16)22-21-23(30-27(22)20-6-4-3-5-7-20)25(29)26(24(21)28)19-14-10-17(2)11-15-19/h3-15,21-23H,1-2H3. The molecule has 0 aromatic heterocycles. The number of benzene rings is 3. The van der Waals surface area contributed by atoms with Crippen LogP contribution in [0, 0.1) is 19.8 Å². The van der Waals surface area contributed by atoms with E-state index in [2.05, 4.69) is 0 Å². The molecule has 0 spiro atoms. The van der Waals surface area contributed by atoms with E-state index in [1.165, 1.54) is 4.90 Å². The van der Waals surface area contributed by atoms with Crippen molar-refractivity contribution in [3.05, 3.63) is 95.6 Å². The molecule has 2 aliphatic rings. The lowest BCUT2D eigenvalue weighted by Crippen LogP contribution is -2.37. The molecule has 2 fully saturated rings. The van der Waals surface area contributed by atoms with E-state index in [0.717, 1.165) is 22.4 Å². The van der Waals surface area contributed by atoms with Gasteiger partial charge in [-0.25, -0.2) is 9.96 Å². The molecule has 2 saturated heterocycles. The Morgan fingerprint density at radius 3 is 1.93 bits per heavy atom. The minimum absolute atomic E-state index is 0.224. The number of nitrogens with zero attached hydrogens (tertiary/aromatic N) is 2. The Hall–Kier alpha value is -3.44. The van der Waals surface area contributed by atoms with Gasteiger partial charge in [-0.05, 0) is 43.7 Å². The van der Waals surface area contributed by atoms with Crippen LogP contribution in [0.15, 0.2) is 78.9 Å². The fourth-order valence-electron chi connectivity index (χ4n) is 4.26. The molecule has 3 aromatic carbocycles. The largest absolute Gasteiger partial charge is 0.273 e. The van der Waals surface area contributed by atoms with Crippen LogP contribution in [0.1, 0.15) is 22.7 Å². The van der Waals surface area contributed by atoms with Gasteiger partial charge in [0.15, 0.2) is 6.10 Å². The molecular weight excluding hydrogens is 376 g/mol. The van der Waals surface area contributed by atoms with E-state index in [1.807, 2.05) is 92.7 Å². The van der Waals surface area contributed by atoms with Crippen LogP contribution >= 0.6 is 0 Å². The SMILES string of the molecule is Cc1ccc(C2C3C(=O)N(c4ccc(C)cc4)C(=O)C3ON2c2ccccc2)cc1. The predicted molar refractivity (Wildman–Crippen MR) is 115 cm³/mol. The van der Waals surface area contributed by atoms with Crippen molar-refractivity contribution < 1.29 is 14.4 Å². The molecule has 0 radical (unpaired) electrons. The molecule has 5 nitrogen and oxygen atoms in total. The van der Waals surface area contributed by atoms with E-state index in [4.69, 9.17) is 4.84 Å². The van der Waals surface area contributed by atoms with Crippen LogP contribution in [0.25, 0.3) is 0 Å². The van der Waals surface area contributed by atoms with Crippen LogP contribution in [0.5, 0.6) is 0 Å². The second-order valence-corrected chi connectivity index (χ2v) is 7.92. The summed E-state index contributed by atoms with van der Waals surface area (Å²) in [5.74, 6) is -1.15. The number of anilines is 2. The van der Waals surface area contributed by atoms with Crippen LogP contribution in [0.4, 0.5) is 11.4 Å². The minimum Gasteiger partial charge on any atom is -0.273 e. The number of hydrogen-bond acceptors (Lipinski definition) is 4. The number of aryl methyl sites for hydroxylation is 2. The Morgan fingerprint density at radius 1 is 0.700 bits per heavy atom. The lowest BCUT2D eigenvalue weighted by molar-refractivity contribution is -0.126. The number of imide groups is 1. The first kappa shape index (κ1) is 18.6.